The van der Waals surface area contributed by atoms with Crippen LogP contribution in [0.25, 0.3) is 0 Å². The quantitative estimate of drug-likeness (QED) is 0.0245. The maximum Gasteiger partial charge on any atom is 0.306 e. The molecule has 6 nitrogen and oxygen atoms in total. The van der Waals surface area contributed by atoms with E-state index >= 15 is 0 Å². The number of allylic oxidation sites excluding steroid dienone is 10. The summed E-state index contributed by atoms with van der Waals surface area (Å²) in [5.41, 5.74) is 0. The van der Waals surface area contributed by atoms with E-state index in [0.717, 1.165) is 83.5 Å². The van der Waals surface area contributed by atoms with Gasteiger partial charge in [0.15, 0.2) is 0 Å². The zero-order valence-corrected chi connectivity index (χ0v) is 42.4. The summed E-state index contributed by atoms with van der Waals surface area (Å²) >= 11 is 0. The Bertz CT molecular complexity index is 1140. The third-order valence-electron chi connectivity index (χ3n) is 12.4. The summed E-state index contributed by atoms with van der Waals surface area (Å²) in [4.78, 5) is 26.2. The number of carbonyl (C=O) groups excluding carboxylic acids is 2. The Morgan fingerprint density at radius 3 is 1.30 bits per heavy atom. The molecule has 3 N–H and O–H groups in total. The van der Waals surface area contributed by atoms with Crippen molar-refractivity contribution >= 4 is 11.9 Å². The molecule has 0 bridgehead atoms. The molecule has 0 aliphatic heterocycles. The van der Waals surface area contributed by atoms with Crippen molar-refractivity contribution in [1.82, 2.24) is 5.32 Å². The Balaban J connectivity index is 4.65. The van der Waals surface area contributed by atoms with Gasteiger partial charge in [0.2, 0.25) is 5.91 Å². The Kier molecular flexibility index (Phi) is 49.6. The van der Waals surface area contributed by atoms with Gasteiger partial charge < -0.3 is 20.3 Å². The smallest absolute Gasteiger partial charge is 0.306 e. The third-order valence-corrected chi connectivity index (χ3v) is 12.4. The molecule has 64 heavy (non-hydrogen) atoms. The van der Waals surface area contributed by atoms with Gasteiger partial charge in [-0.1, -0.05) is 242 Å². The molecule has 3 atom stereocenters. The number of rotatable bonds is 49. The van der Waals surface area contributed by atoms with E-state index in [9.17, 15) is 19.8 Å². The molecule has 0 spiro atoms. The predicted octanol–water partition coefficient (Wildman–Crippen LogP) is 16.8. The molecule has 0 aliphatic carbocycles. The van der Waals surface area contributed by atoms with Crippen molar-refractivity contribution in [1.29, 1.82) is 0 Å². The molecule has 0 heterocycles. The first-order valence-electron chi connectivity index (χ1n) is 27.6. The van der Waals surface area contributed by atoms with E-state index in [1.807, 2.05) is 6.08 Å². The molecule has 0 saturated heterocycles. The van der Waals surface area contributed by atoms with Crippen LogP contribution < -0.4 is 5.32 Å². The molecule has 0 saturated carbocycles. The summed E-state index contributed by atoms with van der Waals surface area (Å²) in [7, 11) is 0. The fraction of sp³-hybridized carbons (Fsp3) is 0.793. The van der Waals surface area contributed by atoms with Crippen molar-refractivity contribution < 1.29 is 24.5 Å². The highest BCUT2D eigenvalue weighted by atomic mass is 16.5. The van der Waals surface area contributed by atoms with Crippen molar-refractivity contribution in [2.45, 2.75) is 289 Å². The van der Waals surface area contributed by atoms with Gasteiger partial charge in [0.05, 0.1) is 25.2 Å². The summed E-state index contributed by atoms with van der Waals surface area (Å²) in [6.07, 6.45) is 64.2. The molecule has 0 aliphatic rings. The van der Waals surface area contributed by atoms with Gasteiger partial charge in [0, 0.05) is 6.42 Å². The van der Waals surface area contributed by atoms with Crippen LogP contribution in [0.15, 0.2) is 60.8 Å². The van der Waals surface area contributed by atoms with E-state index in [1.54, 1.807) is 0 Å². The monoisotopic (exact) mass is 896 g/mol. The second kappa shape index (κ2) is 51.5. The zero-order valence-electron chi connectivity index (χ0n) is 42.4. The molecular weight excluding hydrogens is 791 g/mol. The van der Waals surface area contributed by atoms with Crippen LogP contribution in [0, 0.1) is 0 Å². The van der Waals surface area contributed by atoms with E-state index in [1.165, 1.54) is 141 Å². The maximum absolute atomic E-state index is 13.2. The molecule has 0 aromatic heterocycles. The SMILES string of the molecule is CCCCC/C=C/C=C/C=C/C=C/CCCCCC(CC(=O)NC(CO)C(O)CCCCCCCCCCCCCCCCCC)OC(=O)CCCCC/C=C\CCCCCCCC. The standard InChI is InChI=1S/C58H105NO5/c1-4-7-10-13-16-19-22-25-27-29-32-34-37-40-43-46-49-54(64-58(63)51-48-45-42-39-36-31-24-21-18-15-12-9-6-3)52-57(62)59-55(53-60)56(61)50-47-44-41-38-35-33-30-28-26-23-20-17-14-11-8-5-2/h16,19,22,25,27,29,31-32,34,36,54-56,60-61H,4-15,17-18,20-21,23-24,26,28,30,33,35,37-53H2,1-3H3,(H,59,62)/b19-16+,25-22+,29-27+,34-32+,36-31-. The highest BCUT2D eigenvalue weighted by molar-refractivity contribution is 5.77. The summed E-state index contributed by atoms with van der Waals surface area (Å²) in [5.74, 6) is -0.527. The average Bonchev–Trinajstić information content (AvgIpc) is 3.29. The van der Waals surface area contributed by atoms with Gasteiger partial charge in [-0.25, -0.2) is 0 Å². The summed E-state index contributed by atoms with van der Waals surface area (Å²) in [5, 5.41) is 23.8. The number of hydrogen-bond donors (Lipinski definition) is 3. The highest BCUT2D eigenvalue weighted by Crippen LogP contribution is 2.18. The van der Waals surface area contributed by atoms with E-state index in [4.69, 9.17) is 4.74 Å². The third kappa shape index (κ3) is 46.1. The lowest BCUT2D eigenvalue weighted by Crippen LogP contribution is -2.46. The van der Waals surface area contributed by atoms with E-state index in [0.29, 0.717) is 19.3 Å². The molecule has 0 aromatic carbocycles. The average molecular weight is 896 g/mol. The fourth-order valence-electron chi connectivity index (χ4n) is 8.20. The number of nitrogens with one attached hydrogen (secondary N) is 1. The van der Waals surface area contributed by atoms with Crippen molar-refractivity contribution in [2.24, 2.45) is 0 Å². The molecule has 0 fully saturated rings. The van der Waals surface area contributed by atoms with E-state index in [2.05, 4.69) is 80.8 Å². The van der Waals surface area contributed by atoms with Crippen LogP contribution in [-0.4, -0.2) is 46.9 Å². The van der Waals surface area contributed by atoms with Crippen LogP contribution >= 0.6 is 0 Å². The number of ether oxygens (including phenoxy) is 1. The van der Waals surface area contributed by atoms with Gasteiger partial charge in [0.1, 0.15) is 6.10 Å². The maximum atomic E-state index is 13.2. The minimum atomic E-state index is -0.803. The molecule has 3 unspecified atom stereocenters. The molecule has 0 aromatic rings. The molecule has 0 radical (unpaired) electrons. The summed E-state index contributed by atoms with van der Waals surface area (Å²) in [6.45, 7) is 6.44. The minimum Gasteiger partial charge on any atom is -0.462 e. The number of aliphatic hydroxyl groups excluding tert-OH is 2. The van der Waals surface area contributed by atoms with Crippen LogP contribution in [0.1, 0.15) is 271 Å². The van der Waals surface area contributed by atoms with Gasteiger partial charge in [-0.05, 0) is 77.0 Å². The largest absolute Gasteiger partial charge is 0.462 e. The lowest BCUT2D eigenvalue weighted by molar-refractivity contribution is -0.151. The molecule has 372 valence electrons. The summed E-state index contributed by atoms with van der Waals surface area (Å²) in [6, 6.07) is -0.719. The van der Waals surface area contributed by atoms with Gasteiger partial charge in [-0.2, -0.15) is 0 Å². The Morgan fingerprint density at radius 1 is 0.453 bits per heavy atom. The highest BCUT2D eigenvalue weighted by Gasteiger charge is 2.24. The second-order valence-corrected chi connectivity index (χ2v) is 18.7. The minimum absolute atomic E-state index is 0.0452. The number of aliphatic hydroxyl groups is 2. The van der Waals surface area contributed by atoms with Crippen molar-refractivity contribution in [2.75, 3.05) is 6.61 Å². The number of carbonyl (C=O) groups is 2. The van der Waals surface area contributed by atoms with E-state index < -0.39 is 18.2 Å². The van der Waals surface area contributed by atoms with Gasteiger partial charge >= 0.3 is 5.97 Å². The Morgan fingerprint density at radius 2 is 0.812 bits per heavy atom. The molecular formula is C58H105NO5. The van der Waals surface area contributed by atoms with E-state index in [-0.39, 0.29) is 24.9 Å². The van der Waals surface area contributed by atoms with Crippen LogP contribution in [0.4, 0.5) is 0 Å². The number of esters is 1. The van der Waals surface area contributed by atoms with Crippen LogP contribution in [0.5, 0.6) is 0 Å². The molecule has 1 amide bonds. The Labute approximate surface area is 397 Å². The number of unbranched alkanes of at least 4 members (excludes halogenated alkanes) is 30. The predicted molar refractivity (Wildman–Crippen MR) is 278 cm³/mol. The second-order valence-electron chi connectivity index (χ2n) is 18.7. The summed E-state index contributed by atoms with van der Waals surface area (Å²) < 4.78 is 5.92. The number of hydrogen-bond acceptors (Lipinski definition) is 5. The first-order chi connectivity index (χ1) is 31.5. The van der Waals surface area contributed by atoms with Crippen LogP contribution in [0.2, 0.25) is 0 Å². The lowest BCUT2D eigenvalue weighted by atomic mass is 10.0. The van der Waals surface area contributed by atoms with Gasteiger partial charge in [-0.15, -0.1) is 0 Å². The molecule has 6 heteroatoms. The van der Waals surface area contributed by atoms with Gasteiger partial charge in [0.25, 0.3) is 0 Å². The fourth-order valence-corrected chi connectivity index (χ4v) is 8.20. The van der Waals surface area contributed by atoms with Crippen molar-refractivity contribution in [3.05, 3.63) is 60.8 Å². The Hall–Kier alpha value is -2.44. The first kappa shape index (κ1) is 61.6. The van der Waals surface area contributed by atoms with Gasteiger partial charge in [-0.3, -0.25) is 9.59 Å². The van der Waals surface area contributed by atoms with Crippen molar-refractivity contribution in [3.63, 3.8) is 0 Å². The number of amides is 1. The lowest BCUT2D eigenvalue weighted by Gasteiger charge is -2.24. The normalized spacial score (nSPS) is 13.6. The van der Waals surface area contributed by atoms with Crippen LogP contribution in [0.3, 0.4) is 0 Å². The van der Waals surface area contributed by atoms with Crippen molar-refractivity contribution in [3.8, 4) is 0 Å². The zero-order chi connectivity index (χ0) is 46.7. The first-order valence-corrected chi connectivity index (χ1v) is 27.6. The van der Waals surface area contributed by atoms with Crippen LogP contribution in [-0.2, 0) is 14.3 Å². The molecule has 0 rings (SSSR count). The topological polar surface area (TPSA) is 95.9 Å².